The maximum atomic E-state index is 5.26. The van der Waals surface area contributed by atoms with E-state index in [0.29, 0.717) is 0 Å². The molecule has 1 aliphatic rings. The highest BCUT2D eigenvalue weighted by Gasteiger charge is 2.29. The lowest BCUT2D eigenvalue weighted by Crippen LogP contribution is -2.07. The van der Waals surface area contributed by atoms with E-state index in [0.717, 1.165) is 5.70 Å². The van der Waals surface area contributed by atoms with Gasteiger partial charge >= 0.3 is 0 Å². The maximum absolute atomic E-state index is 5.26. The van der Waals surface area contributed by atoms with Gasteiger partial charge in [-0.25, -0.2) is 0 Å². The van der Waals surface area contributed by atoms with Gasteiger partial charge in [0.1, 0.15) is 5.70 Å². The van der Waals surface area contributed by atoms with Crippen molar-refractivity contribution in [2.24, 2.45) is 0 Å². The van der Waals surface area contributed by atoms with Crippen molar-refractivity contribution >= 4 is 28.8 Å². The van der Waals surface area contributed by atoms with Crippen molar-refractivity contribution in [2.75, 3.05) is 14.2 Å². The molecule has 0 spiro atoms. The number of allylic oxidation sites excluding steroid dienone is 1. The third kappa shape index (κ3) is 1.47. The molecule has 0 radical (unpaired) electrons. The van der Waals surface area contributed by atoms with Crippen LogP contribution in [0.2, 0.25) is 0 Å². The zero-order valence-corrected chi connectivity index (χ0v) is 8.80. The Morgan fingerprint density at radius 3 is 2.82 bits per heavy atom. The smallest absolute Gasteiger partial charge is 0.217 e. The lowest BCUT2D eigenvalue weighted by molar-refractivity contribution is 0.437. The summed E-state index contributed by atoms with van der Waals surface area (Å²) in [6, 6.07) is 0. The van der Waals surface area contributed by atoms with Gasteiger partial charge in [-0.1, -0.05) is 5.92 Å². The number of hydrogen-bond donors (Lipinski definition) is 0. The molecule has 0 bridgehead atoms. The van der Waals surface area contributed by atoms with Crippen molar-refractivity contribution < 1.29 is 4.52 Å². The number of hydrogen-bond acceptors (Lipinski definition) is 3. The normalized spacial score (nSPS) is 29.9. The highest BCUT2D eigenvalue weighted by atomic mass is 32.9. The second-order valence-corrected chi connectivity index (χ2v) is 8.57. The van der Waals surface area contributed by atoms with Crippen LogP contribution in [0.15, 0.2) is 11.1 Å². The Morgan fingerprint density at radius 2 is 2.55 bits per heavy atom. The second-order valence-electron chi connectivity index (χ2n) is 1.93. The van der Waals surface area contributed by atoms with Crippen LogP contribution in [-0.4, -0.2) is 18.8 Å². The zero-order valence-electron chi connectivity index (χ0n) is 6.27. The summed E-state index contributed by atoms with van der Waals surface area (Å²) in [5, 5.41) is 1.88. The van der Waals surface area contributed by atoms with E-state index in [-0.39, 0.29) is 0 Å². The summed E-state index contributed by atoms with van der Waals surface area (Å²) in [5.41, 5.74) is -1.05. The molecule has 1 rings (SSSR count). The Hall–Kier alpha value is 0.0600. The summed E-state index contributed by atoms with van der Waals surface area (Å²) in [5.74, 6) is 2.55. The number of rotatable bonds is 1. The van der Waals surface area contributed by atoms with E-state index in [2.05, 4.69) is 5.92 Å². The van der Waals surface area contributed by atoms with Crippen LogP contribution in [0.4, 0.5) is 0 Å². The van der Waals surface area contributed by atoms with Gasteiger partial charge in [0.25, 0.3) is 0 Å². The van der Waals surface area contributed by atoms with Crippen molar-refractivity contribution in [3.05, 3.63) is 11.1 Å². The fourth-order valence-electron chi connectivity index (χ4n) is 0.688. The fourth-order valence-corrected chi connectivity index (χ4v) is 4.37. The molecule has 11 heavy (non-hydrogen) atoms. The summed E-state index contributed by atoms with van der Waals surface area (Å²) in [6.07, 6.45) is 5.24. The lowest BCUT2D eigenvalue weighted by Gasteiger charge is -2.23. The minimum absolute atomic E-state index is 0.820. The Morgan fingerprint density at radius 1 is 1.91 bits per heavy atom. The van der Waals surface area contributed by atoms with E-state index < -0.39 is 5.62 Å². The molecule has 2 nitrogen and oxygen atoms in total. The molecule has 0 saturated carbocycles. The average molecular weight is 205 g/mol. The predicted molar refractivity (Wildman–Crippen MR) is 53.6 cm³/mol. The Balaban J connectivity index is 2.89. The molecule has 0 aromatic heterocycles. The van der Waals surface area contributed by atoms with Crippen molar-refractivity contribution in [1.82, 2.24) is 4.67 Å². The van der Waals surface area contributed by atoms with Gasteiger partial charge in [-0.05, 0) is 23.2 Å². The molecule has 1 aliphatic heterocycles. The van der Waals surface area contributed by atoms with Gasteiger partial charge in [0.05, 0.1) is 0 Å². The first-order valence-corrected chi connectivity index (χ1v) is 7.05. The quantitative estimate of drug-likeness (QED) is 0.479. The molecule has 5 heteroatoms. The van der Waals surface area contributed by atoms with E-state index in [4.69, 9.17) is 22.8 Å². The zero-order chi connectivity index (χ0) is 8.48. The first-order chi connectivity index (χ1) is 5.14. The molecule has 60 valence electrons. The maximum Gasteiger partial charge on any atom is 0.217 e. The molecule has 1 atom stereocenters. The minimum Gasteiger partial charge on any atom is -0.329 e. The molecule has 0 aromatic rings. The molecule has 0 fully saturated rings. The van der Waals surface area contributed by atoms with Crippen LogP contribution in [0.3, 0.4) is 0 Å². The van der Waals surface area contributed by atoms with Crippen LogP contribution in [0, 0.1) is 12.3 Å². The Labute approximate surface area is 75.9 Å². The number of nitrogens with zero attached hydrogens (tertiary/aromatic N) is 1. The van der Waals surface area contributed by atoms with Gasteiger partial charge in [0.2, 0.25) is 5.62 Å². The highest BCUT2D eigenvalue weighted by molar-refractivity contribution is 8.70. The molecule has 0 aliphatic carbocycles. The molecule has 1 heterocycles. The average Bonchev–Trinajstić information content (AvgIpc) is 2.31. The first kappa shape index (κ1) is 9.15. The third-order valence-electron chi connectivity index (χ3n) is 1.39. The summed E-state index contributed by atoms with van der Waals surface area (Å²) >= 11 is 6.77. The van der Waals surface area contributed by atoms with E-state index in [9.17, 15) is 0 Å². The van der Waals surface area contributed by atoms with E-state index in [1.165, 1.54) is 11.4 Å². The molecular weight excluding hydrogens is 197 g/mol. The largest absolute Gasteiger partial charge is 0.329 e. The molecule has 0 N–H and O–H groups in total. The van der Waals surface area contributed by atoms with Crippen molar-refractivity contribution in [3.8, 4) is 12.3 Å². The Kier molecular flexibility index (Phi) is 2.66. The van der Waals surface area contributed by atoms with Crippen molar-refractivity contribution in [2.45, 2.75) is 0 Å². The van der Waals surface area contributed by atoms with Gasteiger partial charge in [-0.3, -0.25) is 0 Å². The molecule has 0 saturated heterocycles. The van der Waals surface area contributed by atoms with Crippen LogP contribution in [0.5, 0.6) is 0 Å². The minimum atomic E-state index is -1.87. The third-order valence-corrected chi connectivity index (χ3v) is 7.65. The number of terminal acetylenes is 1. The molecule has 0 amide bonds. The summed E-state index contributed by atoms with van der Waals surface area (Å²) in [7, 11) is 3.49. The molecular formula is C6H8NOPS2. The monoisotopic (exact) mass is 205 g/mol. The summed E-state index contributed by atoms with van der Waals surface area (Å²) in [4.78, 5) is 0. The van der Waals surface area contributed by atoms with E-state index in [1.54, 1.807) is 7.11 Å². The first-order valence-electron chi connectivity index (χ1n) is 2.89. The molecule has 0 aromatic carbocycles. The van der Waals surface area contributed by atoms with Crippen LogP contribution < -0.4 is 0 Å². The van der Waals surface area contributed by atoms with Gasteiger partial charge in [-0.15, -0.1) is 6.42 Å². The van der Waals surface area contributed by atoms with E-state index in [1.807, 2.05) is 17.1 Å². The van der Waals surface area contributed by atoms with Crippen LogP contribution in [0.1, 0.15) is 0 Å². The molecule has 1 unspecified atom stereocenters. The highest BCUT2D eigenvalue weighted by Crippen LogP contribution is 2.67. The van der Waals surface area contributed by atoms with Gasteiger partial charge in [0.15, 0.2) is 0 Å². The lowest BCUT2D eigenvalue weighted by atomic mass is 10.5. The SMILES string of the molecule is C#CC1=CSP(=S)(OC)N1C. The second kappa shape index (κ2) is 3.20. The van der Waals surface area contributed by atoms with Crippen molar-refractivity contribution in [1.29, 1.82) is 0 Å². The fraction of sp³-hybridized carbons (Fsp3) is 0.333. The van der Waals surface area contributed by atoms with Crippen LogP contribution >= 0.6 is 17.0 Å². The standard InChI is InChI=1S/C6H8NOPS2/c1-4-6-5-11-9(10,8-3)7(6)2/h1,5H,2-3H3. The summed E-state index contributed by atoms with van der Waals surface area (Å²) in [6.45, 7) is 0. The topological polar surface area (TPSA) is 12.5 Å². The summed E-state index contributed by atoms with van der Waals surface area (Å²) < 4.78 is 7.08. The van der Waals surface area contributed by atoms with Crippen molar-refractivity contribution in [3.63, 3.8) is 0 Å². The van der Waals surface area contributed by atoms with E-state index >= 15 is 0 Å². The Bertz CT molecular complexity index is 281. The van der Waals surface area contributed by atoms with Crippen LogP contribution in [-0.2, 0) is 16.3 Å². The van der Waals surface area contributed by atoms with Gasteiger partial charge in [-0.2, -0.15) is 0 Å². The van der Waals surface area contributed by atoms with Gasteiger partial charge in [0, 0.05) is 19.6 Å². The van der Waals surface area contributed by atoms with Crippen LogP contribution in [0.25, 0.3) is 0 Å². The predicted octanol–water partition coefficient (Wildman–Crippen LogP) is 2.01. The van der Waals surface area contributed by atoms with Gasteiger partial charge < -0.3 is 9.19 Å².